The Morgan fingerprint density at radius 1 is 1.00 bits per heavy atom. The highest BCUT2D eigenvalue weighted by molar-refractivity contribution is 5.49. The predicted molar refractivity (Wildman–Crippen MR) is 85.7 cm³/mol. The molecule has 0 saturated carbocycles. The fourth-order valence-corrected chi connectivity index (χ4v) is 2.46. The number of hydrogen-bond donors (Lipinski definition) is 1. The molecule has 0 saturated heterocycles. The van der Waals surface area contributed by atoms with Gasteiger partial charge in [0.25, 0.3) is 0 Å². The standard InChI is InChI=1S/C18H16F7NO/c1-11-3-2-4-14(7-11)26(10-16(27)18(23,24)25)9-12-5-6-13(8-15(12)19)17(20,21)22/h2-8,16,27H,9-10H2,1H3/t16-/m1/s1. The number of aryl methyl sites for hydroxylation is 1. The second-order valence-electron chi connectivity index (χ2n) is 6.08. The number of aliphatic hydroxyl groups excluding tert-OH is 1. The van der Waals surface area contributed by atoms with Crippen LogP contribution in [0.15, 0.2) is 42.5 Å². The zero-order valence-corrected chi connectivity index (χ0v) is 14.1. The van der Waals surface area contributed by atoms with Crippen molar-refractivity contribution in [1.82, 2.24) is 0 Å². The number of anilines is 1. The van der Waals surface area contributed by atoms with Gasteiger partial charge in [0, 0.05) is 17.8 Å². The lowest BCUT2D eigenvalue weighted by Gasteiger charge is -2.29. The van der Waals surface area contributed by atoms with E-state index in [2.05, 4.69) is 0 Å². The predicted octanol–water partition coefficient (Wildman–Crippen LogP) is 5.08. The average molecular weight is 395 g/mol. The van der Waals surface area contributed by atoms with Gasteiger partial charge in [-0.15, -0.1) is 0 Å². The van der Waals surface area contributed by atoms with Crippen molar-refractivity contribution in [2.45, 2.75) is 31.9 Å². The van der Waals surface area contributed by atoms with Crippen LogP contribution in [0.4, 0.5) is 36.4 Å². The first-order valence-electron chi connectivity index (χ1n) is 7.80. The molecule has 0 heterocycles. The van der Waals surface area contributed by atoms with E-state index in [9.17, 15) is 35.8 Å². The lowest BCUT2D eigenvalue weighted by Crippen LogP contribution is -2.41. The monoisotopic (exact) mass is 395 g/mol. The molecule has 0 radical (unpaired) electrons. The first kappa shape index (κ1) is 21.0. The molecular formula is C18H16F7NO. The normalized spacial score (nSPS) is 13.5. The van der Waals surface area contributed by atoms with Gasteiger partial charge in [-0.1, -0.05) is 18.2 Å². The van der Waals surface area contributed by atoms with Crippen molar-refractivity contribution >= 4 is 5.69 Å². The van der Waals surface area contributed by atoms with Crippen LogP contribution >= 0.6 is 0 Å². The quantitative estimate of drug-likeness (QED) is 0.714. The molecule has 2 nitrogen and oxygen atoms in total. The molecule has 0 aliphatic rings. The first-order chi connectivity index (χ1) is 12.4. The fourth-order valence-electron chi connectivity index (χ4n) is 2.46. The van der Waals surface area contributed by atoms with Crippen LogP contribution in [0.3, 0.4) is 0 Å². The maximum atomic E-state index is 14.1. The molecule has 0 amide bonds. The molecule has 0 bridgehead atoms. The number of rotatable bonds is 5. The highest BCUT2D eigenvalue weighted by Crippen LogP contribution is 2.31. The first-order valence-corrected chi connectivity index (χ1v) is 7.80. The molecule has 0 aromatic heterocycles. The van der Waals surface area contributed by atoms with Gasteiger partial charge in [-0.3, -0.25) is 0 Å². The van der Waals surface area contributed by atoms with Crippen molar-refractivity contribution in [3.63, 3.8) is 0 Å². The van der Waals surface area contributed by atoms with Gasteiger partial charge in [-0.2, -0.15) is 26.3 Å². The van der Waals surface area contributed by atoms with E-state index >= 15 is 0 Å². The van der Waals surface area contributed by atoms with Crippen LogP contribution < -0.4 is 4.90 Å². The van der Waals surface area contributed by atoms with Crippen molar-refractivity contribution in [3.8, 4) is 0 Å². The number of nitrogens with zero attached hydrogens (tertiary/aromatic N) is 1. The molecule has 0 spiro atoms. The van der Waals surface area contributed by atoms with Crippen LogP contribution in [0.25, 0.3) is 0 Å². The Labute approximate surface area is 150 Å². The second-order valence-corrected chi connectivity index (χ2v) is 6.08. The minimum Gasteiger partial charge on any atom is -0.382 e. The van der Waals surface area contributed by atoms with Crippen molar-refractivity contribution in [2.75, 3.05) is 11.4 Å². The van der Waals surface area contributed by atoms with Crippen LogP contribution in [0, 0.1) is 12.7 Å². The molecule has 27 heavy (non-hydrogen) atoms. The summed E-state index contributed by atoms with van der Waals surface area (Å²) >= 11 is 0. The van der Waals surface area contributed by atoms with E-state index in [1.165, 1.54) is 12.1 Å². The average Bonchev–Trinajstić information content (AvgIpc) is 2.53. The summed E-state index contributed by atoms with van der Waals surface area (Å²) in [5, 5.41) is 9.38. The Morgan fingerprint density at radius 2 is 1.67 bits per heavy atom. The van der Waals surface area contributed by atoms with E-state index < -0.39 is 42.9 Å². The minimum atomic E-state index is -4.89. The zero-order chi connectivity index (χ0) is 20.4. The topological polar surface area (TPSA) is 23.5 Å². The highest BCUT2D eigenvalue weighted by Gasteiger charge is 2.39. The minimum absolute atomic E-state index is 0.223. The summed E-state index contributed by atoms with van der Waals surface area (Å²) in [5.41, 5.74) is -0.426. The summed E-state index contributed by atoms with van der Waals surface area (Å²) in [6.07, 6.45) is -12.3. The molecule has 2 aromatic rings. The van der Waals surface area contributed by atoms with Gasteiger partial charge in [0.05, 0.1) is 12.1 Å². The van der Waals surface area contributed by atoms with Crippen LogP contribution in [-0.4, -0.2) is 23.9 Å². The molecule has 9 heteroatoms. The zero-order valence-electron chi connectivity index (χ0n) is 14.1. The van der Waals surface area contributed by atoms with Crippen LogP contribution in [0.1, 0.15) is 16.7 Å². The molecule has 1 N–H and O–H groups in total. The lowest BCUT2D eigenvalue weighted by molar-refractivity contribution is -0.200. The van der Waals surface area contributed by atoms with Gasteiger partial charge in [-0.05, 0) is 36.8 Å². The maximum absolute atomic E-state index is 14.1. The van der Waals surface area contributed by atoms with Crippen molar-refractivity contribution in [2.24, 2.45) is 0 Å². The van der Waals surface area contributed by atoms with E-state index in [1.54, 1.807) is 19.1 Å². The number of alkyl halides is 6. The van der Waals surface area contributed by atoms with E-state index in [1.807, 2.05) is 0 Å². The molecule has 0 aliphatic heterocycles. The summed E-state index contributed by atoms with van der Waals surface area (Å²) in [6.45, 7) is 0.356. The number of benzene rings is 2. The summed E-state index contributed by atoms with van der Waals surface area (Å²) < 4.78 is 90.2. The Bertz CT molecular complexity index is 786. The lowest BCUT2D eigenvalue weighted by atomic mass is 10.1. The highest BCUT2D eigenvalue weighted by atomic mass is 19.4. The molecular weight excluding hydrogens is 379 g/mol. The third kappa shape index (κ3) is 5.59. The van der Waals surface area contributed by atoms with Gasteiger partial charge in [-0.25, -0.2) is 4.39 Å². The van der Waals surface area contributed by atoms with E-state index in [4.69, 9.17) is 0 Å². The largest absolute Gasteiger partial charge is 0.416 e. The smallest absolute Gasteiger partial charge is 0.382 e. The fraction of sp³-hybridized carbons (Fsp3) is 0.333. The van der Waals surface area contributed by atoms with Gasteiger partial charge < -0.3 is 10.0 Å². The van der Waals surface area contributed by atoms with Crippen LogP contribution in [0.2, 0.25) is 0 Å². The SMILES string of the molecule is Cc1cccc(N(Cc2ccc(C(F)(F)F)cc2F)C[C@@H](O)C(F)(F)F)c1. The molecule has 0 aliphatic carbocycles. The van der Waals surface area contributed by atoms with Crippen molar-refractivity contribution in [1.29, 1.82) is 0 Å². The number of halogens is 7. The van der Waals surface area contributed by atoms with Gasteiger partial charge in [0.2, 0.25) is 0 Å². The Morgan fingerprint density at radius 3 is 2.19 bits per heavy atom. The third-order valence-corrected chi connectivity index (χ3v) is 3.88. The second kappa shape index (κ2) is 7.75. The third-order valence-electron chi connectivity index (χ3n) is 3.88. The van der Waals surface area contributed by atoms with Crippen LogP contribution in [-0.2, 0) is 12.7 Å². The summed E-state index contributed by atoms with van der Waals surface area (Å²) in [4.78, 5) is 1.07. The summed E-state index contributed by atoms with van der Waals surface area (Å²) in [5.74, 6) is -1.19. The summed E-state index contributed by atoms with van der Waals surface area (Å²) in [6, 6.07) is 8.10. The van der Waals surface area contributed by atoms with Gasteiger partial charge >= 0.3 is 12.4 Å². The Balaban J connectivity index is 2.34. The van der Waals surface area contributed by atoms with E-state index in [0.29, 0.717) is 17.7 Å². The number of hydrogen-bond acceptors (Lipinski definition) is 2. The Hall–Kier alpha value is -2.29. The molecule has 148 valence electrons. The molecule has 2 rings (SSSR count). The van der Waals surface area contributed by atoms with E-state index in [-0.39, 0.29) is 11.3 Å². The number of aliphatic hydroxyl groups is 1. The van der Waals surface area contributed by atoms with E-state index in [0.717, 1.165) is 11.0 Å². The molecule has 1 atom stereocenters. The molecule has 0 fully saturated rings. The molecule has 2 aromatic carbocycles. The molecule has 0 unspecified atom stereocenters. The summed E-state index contributed by atoms with van der Waals surface area (Å²) in [7, 11) is 0. The van der Waals surface area contributed by atoms with Gasteiger partial charge in [0.1, 0.15) is 5.82 Å². The van der Waals surface area contributed by atoms with Gasteiger partial charge in [0.15, 0.2) is 6.10 Å². The van der Waals surface area contributed by atoms with Crippen molar-refractivity contribution < 1.29 is 35.8 Å². The van der Waals surface area contributed by atoms with Crippen molar-refractivity contribution in [3.05, 3.63) is 65.0 Å². The van der Waals surface area contributed by atoms with Crippen LogP contribution in [0.5, 0.6) is 0 Å². The maximum Gasteiger partial charge on any atom is 0.416 e. The Kier molecular flexibility index (Phi) is 6.04.